The van der Waals surface area contributed by atoms with Crippen molar-refractivity contribution in [3.63, 3.8) is 0 Å². The van der Waals surface area contributed by atoms with Gasteiger partial charge in [-0.2, -0.15) is 0 Å². The second-order valence-electron chi connectivity index (χ2n) is 7.85. The second kappa shape index (κ2) is 9.20. The molecule has 0 spiro atoms. The number of hydrogen-bond donors (Lipinski definition) is 1. The van der Waals surface area contributed by atoms with Crippen molar-refractivity contribution in [1.29, 1.82) is 0 Å². The monoisotopic (exact) mass is 443 g/mol. The Bertz CT molecular complexity index is 1250. The first-order valence-electron chi connectivity index (χ1n) is 10.6. The molecule has 1 fully saturated rings. The van der Waals surface area contributed by atoms with Gasteiger partial charge in [-0.3, -0.25) is 9.59 Å². The molecule has 0 saturated carbocycles. The van der Waals surface area contributed by atoms with E-state index in [1.165, 1.54) is 12.0 Å². The molecule has 1 atom stereocenters. The second-order valence-corrected chi connectivity index (χ2v) is 7.85. The molecule has 1 saturated heterocycles. The lowest BCUT2D eigenvalue weighted by Gasteiger charge is -2.26. The van der Waals surface area contributed by atoms with E-state index in [1.807, 2.05) is 55.5 Å². The number of aliphatic hydroxyl groups excluding tert-OH is 1. The molecule has 4 rings (SSSR count). The Kier molecular flexibility index (Phi) is 6.18. The number of para-hydroxylation sites is 2. The predicted molar refractivity (Wildman–Crippen MR) is 125 cm³/mol. The minimum atomic E-state index is -0.764. The summed E-state index contributed by atoms with van der Waals surface area (Å²) in [5.41, 5.74) is 2.86. The van der Waals surface area contributed by atoms with Gasteiger partial charge in [-0.25, -0.2) is 0 Å². The number of amides is 1. The number of likely N-dealkylation sites (tertiary alicyclic amines) is 1. The van der Waals surface area contributed by atoms with E-state index in [-0.39, 0.29) is 17.9 Å². The third kappa shape index (κ3) is 4.07. The van der Waals surface area contributed by atoms with Gasteiger partial charge in [0.05, 0.1) is 37.9 Å². The molecule has 6 heteroatoms. The van der Waals surface area contributed by atoms with Crippen LogP contribution in [-0.2, 0) is 16.1 Å². The minimum Gasteiger partial charge on any atom is -0.507 e. The highest BCUT2D eigenvalue weighted by atomic mass is 16.5. The lowest BCUT2D eigenvalue weighted by molar-refractivity contribution is -0.140. The Morgan fingerprint density at radius 2 is 1.58 bits per heavy atom. The van der Waals surface area contributed by atoms with Crippen molar-refractivity contribution in [3.05, 3.63) is 101 Å². The molecular weight excluding hydrogens is 418 g/mol. The van der Waals surface area contributed by atoms with Crippen LogP contribution in [0.3, 0.4) is 0 Å². The van der Waals surface area contributed by atoms with E-state index in [1.54, 1.807) is 31.4 Å². The summed E-state index contributed by atoms with van der Waals surface area (Å²) in [5.74, 6) is -0.649. The first-order valence-corrected chi connectivity index (χ1v) is 10.6. The fraction of sp³-hybridized carbons (Fsp3) is 0.185. The SMILES string of the molecule is COc1ccccc1CN1C(=O)C(=O)/C(=C(\O)c2ccccc2OC)C1c1cccc(C)c1. The van der Waals surface area contributed by atoms with Gasteiger partial charge >= 0.3 is 0 Å². The zero-order valence-electron chi connectivity index (χ0n) is 18.7. The zero-order valence-corrected chi connectivity index (χ0v) is 18.7. The third-order valence-corrected chi connectivity index (χ3v) is 5.79. The molecule has 1 unspecified atom stereocenters. The molecule has 3 aromatic rings. The van der Waals surface area contributed by atoms with Crippen LogP contribution in [0, 0.1) is 6.92 Å². The van der Waals surface area contributed by atoms with Gasteiger partial charge in [-0.05, 0) is 30.7 Å². The van der Waals surface area contributed by atoms with E-state index in [0.29, 0.717) is 17.1 Å². The Balaban J connectivity index is 1.91. The summed E-state index contributed by atoms with van der Waals surface area (Å²) in [6, 6.07) is 21.0. The summed E-state index contributed by atoms with van der Waals surface area (Å²) in [4.78, 5) is 28.0. The number of rotatable bonds is 6. The lowest BCUT2D eigenvalue weighted by atomic mass is 9.94. The standard InChI is InChI=1S/C27H25NO5/c1-17-9-8-11-18(15-17)24-23(25(29)20-12-5-7-14-22(20)33-3)26(30)27(31)28(24)16-19-10-4-6-13-21(19)32-2/h4-15,24,29H,16H2,1-3H3/b25-23-. The molecule has 1 amide bonds. The molecule has 0 aliphatic carbocycles. The number of Topliss-reactive ketones (excluding diaryl/α,β-unsaturated/α-hetero) is 1. The molecule has 1 heterocycles. The van der Waals surface area contributed by atoms with E-state index >= 15 is 0 Å². The summed E-state index contributed by atoms with van der Waals surface area (Å²) in [7, 11) is 3.05. The van der Waals surface area contributed by atoms with Crippen LogP contribution in [-0.4, -0.2) is 35.9 Å². The largest absolute Gasteiger partial charge is 0.507 e. The van der Waals surface area contributed by atoms with Crippen molar-refractivity contribution in [2.45, 2.75) is 19.5 Å². The summed E-state index contributed by atoms with van der Waals surface area (Å²) < 4.78 is 10.8. The van der Waals surface area contributed by atoms with Gasteiger partial charge < -0.3 is 19.5 Å². The number of ketones is 1. The molecule has 0 aromatic heterocycles. The number of aryl methyl sites for hydroxylation is 1. The van der Waals surface area contributed by atoms with Crippen LogP contribution in [0.2, 0.25) is 0 Å². The van der Waals surface area contributed by atoms with Crippen molar-refractivity contribution in [3.8, 4) is 11.5 Å². The number of benzene rings is 3. The topological polar surface area (TPSA) is 76.1 Å². The van der Waals surface area contributed by atoms with Crippen LogP contribution >= 0.6 is 0 Å². The van der Waals surface area contributed by atoms with Crippen LogP contribution in [0.4, 0.5) is 0 Å². The minimum absolute atomic E-state index is 0.0324. The Morgan fingerprint density at radius 1 is 0.909 bits per heavy atom. The van der Waals surface area contributed by atoms with Crippen molar-refractivity contribution in [1.82, 2.24) is 4.90 Å². The average molecular weight is 443 g/mol. The van der Waals surface area contributed by atoms with Crippen LogP contribution in [0.25, 0.3) is 5.76 Å². The van der Waals surface area contributed by atoms with Crippen molar-refractivity contribution in [2.24, 2.45) is 0 Å². The quantitative estimate of drug-likeness (QED) is 0.341. The molecule has 3 aromatic carbocycles. The number of carbonyl (C=O) groups is 2. The Hall–Kier alpha value is -4.06. The summed E-state index contributed by atoms with van der Waals surface area (Å²) in [5, 5.41) is 11.3. The van der Waals surface area contributed by atoms with Gasteiger partial charge in [-0.1, -0.05) is 60.2 Å². The fourth-order valence-electron chi connectivity index (χ4n) is 4.23. The lowest BCUT2D eigenvalue weighted by Crippen LogP contribution is -2.29. The maximum absolute atomic E-state index is 13.3. The first-order chi connectivity index (χ1) is 16.0. The van der Waals surface area contributed by atoms with E-state index in [0.717, 1.165) is 16.7 Å². The number of hydrogen-bond acceptors (Lipinski definition) is 5. The van der Waals surface area contributed by atoms with Crippen LogP contribution in [0.15, 0.2) is 78.4 Å². The molecule has 1 aliphatic heterocycles. The van der Waals surface area contributed by atoms with Crippen LogP contribution < -0.4 is 9.47 Å². The van der Waals surface area contributed by atoms with Crippen molar-refractivity contribution in [2.75, 3.05) is 14.2 Å². The Morgan fingerprint density at radius 3 is 2.27 bits per heavy atom. The molecule has 33 heavy (non-hydrogen) atoms. The maximum Gasteiger partial charge on any atom is 0.295 e. The van der Waals surface area contributed by atoms with E-state index in [9.17, 15) is 14.7 Å². The number of nitrogens with zero attached hydrogens (tertiary/aromatic N) is 1. The van der Waals surface area contributed by atoms with Crippen molar-refractivity contribution >= 4 is 17.4 Å². The number of ether oxygens (including phenoxy) is 2. The fourth-order valence-corrected chi connectivity index (χ4v) is 4.23. The highest BCUT2D eigenvalue weighted by Gasteiger charge is 2.46. The molecular formula is C27H25NO5. The zero-order chi connectivity index (χ0) is 23.5. The van der Waals surface area contributed by atoms with Gasteiger partial charge in [0.2, 0.25) is 0 Å². The van der Waals surface area contributed by atoms with Gasteiger partial charge in [0.25, 0.3) is 11.7 Å². The summed E-state index contributed by atoms with van der Waals surface area (Å²) >= 11 is 0. The Labute approximate surface area is 192 Å². The number of methoxy groups -OCH3 is 2. The molecule has 1 aliphatic rings. The third-order valence-electron chi connectivity index (χ3n) is 5.79. The molecule has 0 radical (unpaired) electrons. The van der Waals surface area contributed by atoms with Gasteiger partial charge in [0, 0.05) is 5.56 Å². The predicted octanol–water partition coefficient (Wildman–Crippen LogP) is 4.63. The van der Waals surface area contributed by atoms with Gasteiger partial charge in [0.1, 0.15) is 17.3 Å². The smallest absolute Gasteiger partial charge is 0.295 e. The van der Waals surface area contributed by atoms with Crippen molar-refractivity contribution < 1.29 is 24.2 Å². The first kappa shape index (κ1) is 22.1. The van der Waals surface area contributed by atoms with E-state index in [4.69, 9.17) is 9.47 Å². The molecule has 168 valence electrons. The summed E-state index contributed by atoms with van der Waals surface area (Å²) in [6.45, 7) is 2.09. The van der Waals surface area contributed by atoms with E-state index in [2.05, 4.69) is 0 Å². The van der Waals surface area contributed by atoms with Gasteiger partial charge in [-0.15, -0.1) is 0 Å². The van der Waals surface area contributed by atoms with Crippen LogP contribution in [0.1, 0.15) is 28.3 Å². The maximum atomic E-state index is 13.3. The molecule has 6 nitrogen and oxygen atoms in total. The number of carbonyl (C=O) groups excluding carboxylic acids is 2. The normalized spacial score (nSPS) is 17.3. The molecule has 0 bridgehead atoms. The van der Waals surface area contributed by atoms with Gasteiger partial charge in [0.15, 0.2) is 0 Å². The van der Waals surface area contributed by atoms with E-state index < -0.39 is 17.7 Å². The summed E-state index contributed by atoms with van der Waals surface area (Å²) in [6.07, 6.45) is 0. The highest BCUT2D eigenvalue weighted by molar-refractivity contribution is 6.46. The van der Waals surface area contributed by atoms with Crippen LogP contribution in [0.5, 0.6) is 11.5 Å². The number of aliphatic hydroxyl groups is 1. The average Bonchev–Trinajstić information content (AvgIpc) is 3.09. The highest BCUT2D eigenvalue weighted by Crippen LogP contribution is 2.42. The molecule has 1 N–H and O–H groups in total.